The summed E-state index contributed by atoms with van der Waals surface area (Å²) >= 11 is 0. The van der Waals surface area contributed by atoms with Crippen molar-refractivity contribution in [3.63, 3.8) is 0 Å². The van der Waals surface area contributed by atoms with Crippen LogP contribution in [0.5, 0.6) is 0 Å². The molecule has 0 amide bonds. The molecule has 0 fully saturated rings. The summed E-state index contributed by atoms with van der Waals surface area (Å²) in [5.74, 6) is 0. The molecule has 0 spiro atoms. The Morgan fingerprint density at radius 1 is 0.600 bits per heavy atom. The van der Waals surface area contributed by atoms with Crippen LogP contribution in [0.15, 0.2) is 0 Å². The Balaban J connectivity index is 0. The average Bonchev–Trinajstić information content (AvgIpc) is 0. The topological polar surface area (TPSA) is 85.5 Å². The molecule has 0 aliphatic carbocycles. The normalized spacial score (nSPS) is 0. The number of hydrogen-bond donors (Lipinski definition) is 0. The third-order valence-electron chi connectivity index (χ3n) is 0. The van der Waals surface area contributed by atoms with Gasteiger partial charge in [-0.1, -0.05) is 0 Å². The van der Waals surface area contributed by atoms with E-state index in [1.54, 1.807) is 0 Å². The summed E-state index contributed by atoms with van der Waals surface area (Å²) in [6, 6.07) is 0. The van der Waals surface area contributed by atoms with Gasteiger partial charge in [-0.25, -0.2) is 0 Å². The molecule has 0 saturated heterocycles. The van der Waals surface area contributed by atoms with Gasteiger partial charge in [-0.2, -0.15) is 0 Å². The van der Waals surface area contributed by atoms with Crippen molar-refractivity contribution in [2.75, 3.05) is 0 Å². The molecule has 0 saturated carbocycles. The summed E-state index contributed by atoms with van der Waals surface area (Å²) in [4.78, 5) is 0. The third-order valence-corrected chi connectivity index (χ3v) is 0. The number of rotatable bonds is 0. The van der Waals surface area contributed by atoms with Crippen molar-refractivity contribution in [3.8, 4) is 0 Å². The van der Waals surface area contributed by atoms with Gasteiger partial charge in [0.2, 0.25) is 0 Å². The SMILES string of the molecule is [Dy+3].[O-2].[O-2].[O-2].[Tb+3]. The molecular formula is DyO3Tb. The van der Waals surface area contributed by atoms with E-state index in [9.17, 15) is 0 Å². The maximum absolute atomic E-state index is 0. The molecule has 5 heteroatoms. The first-order valence-corrected chi connectivity index (χ1v) is 0. The predicted molar refractivity (Wildman–Crippen MR) is 2.06 cm³/mol. The Labute approximate surface area is 91.3 Å². The van der Waals surface area contributed by atoms with Crippen LogP contribution in [-0.2, 0) is 16.4 Å². The van der Waals surface area contributed by atoms with Gasteiger partial charge >= 0.3 is 76.8 Å². The van der Waals surface area contributed by atoms with Crippen LogP contribution in [0.25, 0.3) is 0 Å². The monoisotopic (exact) mass is 371 g/mol. The van der Waals surface area contributed by atoms with Gasteiger partial charge < -0.3 is 16.4 Å². The molecule has 0 rings (SSSR count). The first-order valence-electron chi connectivity index (χ1n) is 0. The van der Waals surface area contributed by atoms with Crippen molar-refractivity contribution in [1.29, 1.82) is 0 Å². The minimum absolute atomic E-state index is 0. The van der Waals surface area contributed by atoms with Crippen LogP contribution in [0.1, 0.15) is 0 Å². The Hall–Kier alpha value is 2.44. The standard InChI is InChI=1S/Dy.3O.Tb/q+3;3*-2;+3. The van der Waals surface area contributed by atoms with E-state index in [2.05, 4.69) is 0 Å². The van der Waals surface area contributed by atoms with Crippen molar-refractivity contribution < 1.29 is 93.2 Å². The maximum Gasteiger partial charge on any atom is 3.00 e. The zero-order chi connectivity index (χ0) is 0. The van der Waals surface area contributed by atoms with Gasteiger partial charge in [-0.05, 0) is 0 Å². The molecule has 0 aliphatic heterocycles. The second-order valence-electron chi connectivity index (χ2n) is 0. The van der Waals surface area contributed by atoms with Gasteiger partial charge in [0.15, 0.2) is 0 Å². The largest absolute Gasteiger partial charge is 3.00 e. The quantitative estimate of drug-likeness (QED) is 0.559. The van der Waals surface area contributed by atoms with Crippen LogP contribution in [0.2, 0.25) is 0 Å². The summed E-state index contributed by atoms with van der Waals surface area (Å²) in [5, 5.41) is 0. The van der Waals surface area contributed by atoms with E-state index >= 15 is 0 Å². The fraction of sp³-hybridized carbons (Fsp3) is 0. The van der Waals surface area contributed by atoms with E-state index in [-0.39, 0.29) is 93.2 Å². The fourth-order valence-electron chi connectivity index (χ4n) is 0. The van der Waals surface area contributed by atoms with Crippen LogP contribution in [0.4, 0.5) is 0 Å². The van der Waals surface area contributed by atoms with Crippen LogP contribution >= 0.6 is 0 Å². The molecule has 0 N–H and O–H groups in total. The zero-order valence-corrected chi connectivity index (χ0v) is 6.04. The molecule has 5 heavy (non-hydrogen) atoms. The smallest absolute Gasteiger partial charge is 2.00 e. The predicted octanol–water partition coefficient (Wildman–Crippen LogP) is -0.356. The summed E-state index contributed by atoms with van der Waals surface area (Å²) in [6.45, 7) is 0. The molecular weight excluding hydrogens is 369 g/mol. The van der Waals surface area contributed by atoms with E-state index < -0.39 is 0 Å². The van der Waals surface area contributed by atoms with Crippen LogP contribution in [0.3, 0.4) is 0 Å². The maximum atomic E-state index is 0. The molecule has 0 aromatic rings. The summed E-state index contributed by atoms with van der Waals surface area (Å²) in [7, 11) is 0. The molecule has 0 bridgehead atoms. The Morgan fingerprint density at radius 3 is 0.600 bits per heavy atom. The number of hydrogen-bond acceptors (Lipinski definition) is 0. The molecule has 37 valence electrons. The first kappa shape index (κ1) is 51.9. The molecule has 0 aliphatic rings. The van der Waals surface area contributed by atoms with Gasteiger partial charge in [-0.3, -0.25) is 0 Å². The van der Waals surface area contributed by atoms with Crippen LogP contribution in [-0.4, -0.2) is 0 Å². The molecule has 0 aromatic heterocycles. The minimum atomic E-state index is 0. The minimum Gasteiger partial charge on any atom is -2.00 e. The molecule has 0 atom stereocenters. The Bertz CT molecular complexity index is 6.85. The van der Waals surface area contributed by atoms with Gasteiger partial charge in [0, 0.05) is 0 Å². The van der Waals surface area contributed by atoms with Crippen molar-refractivity contribution >= 4 is 0 Å². The second kappa shape index (κ2) is 32.0. The summed E-state index contributed by atoms with van der Waals surface area (Å²) < 4.78 is 0. The molecule has 0 aromatic carbocycles. The fourth-order valence-corrected chi connectivity index (χ4v) is 0. The average molecular weight is 369 g/mol. The summed E-state index contributed by atoms with van der Waals surface area (Å²) in [6.07, 6.45) is 0. The van der Waals surface area contributed by atoms with Gasteiger partial charge in [0.25, 0.3) is 0 Å². The van der Waals surface area contributed by atoms with Gasteiger partial charge in [0.1, 0.15) is 0 Å². The molecule has 1 radical (unpaired) electrons. The first-order chi connectivity index (χ1) is 0. The van der Waals surface area contributed by atoms with E-state index in [0.29, 0.717) is 0 Å². The van der Waals surface area contributed by atoms with Crippen LogP contribution in [0, 0.1) is 76.8 Å². The van der Waals surface area contributed by atoms with Crippen LogP contribution < -0.4 is 0 Å². The van der Waals surface area contributed by atoms with Gasteiger partial charge in [-0.15, -0.1) is 0 Å². The third kappa shape index (κ3) is 21.3. The van der Waals surface area contributed by atoms with Crippen molar-refractivity contribution in [3.05, 3.63) is 0 Å². The van der Waals surface area contributed by atoms with E-state index in [1.807, 2.05) is 0 Å². The van der Waals surface area contributed by atoms with Crippen molar-refractivity contribution in [2.45, 2.75) is 0 Å². The Kier molecular flexibility index (Phi) is 332. The van der Waals surface area contributed by atoms with E-state index in [4.69, 9.17) is 0 Å². The second-order valence-corrected chi connectivity index (χ2v) is 0. The zero-order valence-electron chi connectivity index (χ0n) is 1.87. The van der Waals surface area contributed by atoms with Gasteiger partial charge in [0.05, 0.1) is 0 Å². The molecule has 3 nitrogen and oxygen atoms in total. The van der Waals surface area contributed by atoms with E-state index in [0.717, 1.165) is 0 Å². The molecule has 0 heterocycles. The van der Waals surface area contributed by atoms with Crippen molar-refractivity contribution in [1.82, 2.24) is 0 Å². The summed E-state index contributed by atoms with van der Waals surface area (Å²) in [5.41, 5.74) is 0. The Morgan fingerprint density at radius 2 is 0.600 bits per heavy atom. The molecule has 0 unspecified atom stereocenters. The van der Waals surface area contributed by atoms with E-state index in [1.165, 1.54) is 0 Å². The van der Waals surface area contributed by atoms with Crippen molar-refractivity contribution in [2.24, 2.45) is 0 Å².